The summed E-state index contributed by atoms with van der Waals surface area (Å²) in [7, 11) is 2.11. The summed E-state index contributed by atoms with van der Waals surface area (Å²) in [5.41, 5.74) is 6.74. The van der Waals surface area contributed by atoms with Gasteiger partial charge in [-0.25, -0.2) is 0 Å². The van der Waals surface area contributed by atoms with Crippen molar-refractivity contribution in [1.82, 2.24) is 10.2 Å². The van der Waals surface area contributed by atoms with E-state index in [4.69, 9.17) is 17.3 Å². The largest absolute Gasteiger partial charge is 0.398 e. The Balaban J connectivity index is 2.03. The first-order chi connectivity index (χ1) is 8.97. The molecule has 1 aliphatic rings. The lowest BCUT2D eigenvalue weighted by Crippen LogP contribution is -2.47. The molecule has 0 saturated carbocycles. The predicted molar refractivity (Wildman–Crippen MR) is 78.4 cm³/mol. The first kappa shape index (κ1) is 14.2. The number of carbonyl (C=O) groups excluding carboxylic acids is 1. The number of anilines is 1. The number of benzene rings is 1. The molecule has 3 N–H and O–H groups in total. The lowest BCUT2D eigenvalue weighted by Gasteiger charge is -2.35. The van der Waals surface area contributed by atoms with Gasteiger partial charge in [0.25, 0.3) is 5.91 Å². The fourth-order valence-corrected chi connectivity index (χ4v) is 2.58. The third kappa shape index (κ3) is 3.39. The molecule has 1 aliphatic heterocycles. The Hall–Kier alpha value is -1.26. The number of likely N-dealkylation sites (tertiary alicyclic amines) is 1. The molecule has 0 aliphatic carbocycles. The smallest absolute Gasteiger partial charge is 0.253 e. The van der Waals surface area contributed by atoms with E-state index in [0.29, 0.717) is 22.3 Å². The van der Waals surface area contributed by atoms with Crippen molar-refractivity contribution >= 4 is 23.2 Å². The van der Waals surface area contributed by atoms with Crippen molar-refractivity contribution < 1.29 is 4.79 Å². The van der Waals surface area contributed by atoms with Crippen LogP contribution in [0.1, 0.15) is 30.1 Å². The van der Waals surface area contributed by atoms with E-state index in [1.54, 1.807) is 18.2 Å². The zero-order chi connectivity index (χ0) is 14.0. The van der Waals surface area contributed by atoms with Crippen molar-refractivity contribution in [3.63, 3.8) is 0 Å². The number of amides is 1. The number of nitrogen functional groups attached to an aromatic ring is 1. The molecule has 1 aromatic carbocycles. The molecule has 0 bridgehead atoms. The van der Waals surface area contributed by atoms with Crippen molar-refractivity contribution in [1.29, 1.82) is 0 Å². The fraction of sp³-hybridized carbons (Fsp3) is 0.500. The standard InChI is InChI=1S/C14H20ClN3O/c1-9-7-11(5-6-18(9)2)17-14(19)12-8-10(15)3-4-13(12)16/h3-4,8-9,11H,5-7,16H2,1-2H3,(H,17,19). The van der Waals surface area contributed by atoms with Gasteiger partial charge in [0.05, 0.1) is 5.56 Å². The highest BCUT2D eigenvalue weighted by molar-refractivity contribution is 6.31. The van der Waals surface area contributed by atoms with E-state index in [2.05, 4.69) is 24.2 Å². The topological polar surface area (TPSA) is 58.4 Å². The third-order valence-corrected chi connectivity index (χ3v) is 4.04. The van der Waals surface area contributed by atoms with Gasteiger partial charge < -0.3 is 16.0 Å². The number of nitrogens with zero attached hydrogens (tertiary/aromatic N) is 1. The molecule has 4 nitrogen and oxygen atoms in total. The Morgan fingerprint density at radius 3 is 2.95 bits per heavy atom. The van der Waals surface area contributed by atoms with Gasteiger partial charge in [0.15, 0.2) is 0 Å². The minimum atomic E-state index is -0.137. The zero-order valence-electron chi connectivity index (χ0n) is 11.3. The van der Waals surface area contributed by atoms with E-state index >= 15 is 0 Å². The van der Waals surface area contributed by atoms with Gasteiger partial charge in [-0.15, -0.1) is 0 Å². The molecule has 2 unspecified atom stereocenters. The Morgan fingerprint density at radius 1 is 1.53 bits per heavy atom. The van der Waals surface area contributed by atoms with Gasteiger partial charge in [0, 0.05) is 29.3 Å². The number of halogens is 1. The Morgan fingerprint density at radius 2 is 2.26 bits per heavy atom. The maximum atomic E-state index is 12.2. The highest BCUT2D eigenvalue weighted by Gasteiger charge is 2.24. The summed E-state index contributed by atoms with van der Waals surface area (Å²) < 4.78 is 0. The van der Waals surface area contributed by atoms with Gasteiger partial charge in [-0.05, 0) is 45.0 Å². The van der Waals surface area contributed by atoms with E-state index < -0.39 is 0 Å². The fourth-order valence-electron chi connectivity index (χ4n) is 2.41. The Kier molecular flexibility index (Phi) is 4.32. The minimum Gasteiger partial charge on any atom is -0.398 e. The number of hydrogen-bond acceptors (Lipinski definition) is 3. The van der Waals surface area contributed by atoms with Crippen LogP contribution >= 0.6 is 11.6 Å². The highest BCUT2D eigenvalue weighted by atomic mass is 35.5. The first-order valence-corrected chi connectivity index (χ1v) is 6.91. The summed E-state index contributed by atoms with van der Waals surface area (Å²) in [5.74, 6) is -0.137. The normalized spacial score (nSPS) is 24.2. The average Bonchev–Trinajstić information content (AvgIpc) is 2.36. The second-order valence-corrected chi connectivity index (χ2v) is 5.69. The van der Waals surface area contributed by atoms with Crippen LogP contribution in [0.3, 0.4) is 0 Å². The molecule has 0 radical (unpaired) electrons. The van der Waals surface area contributed by atoms with E-state index in [9.17, 15) is 4.79 Å². The van der Waals surface area contributed by atoms with Crippen molar-refractivity contribution in [3.8, 4) is 0 Å². The van der Waals surface area contributed by atoms with Crippen molar-refractivity contribution in [3.05, 3.63) is 28.8 Å². The van der Waals surface area contributed by atoms with Crippen LogP contribution in [0.4, 0.5) is 5.69 Å². The van der Waals surface area contributed by atoms with E-state index in [1.807, 2.05) is 0 Å². The van der Waals surface area contributed by atoms with E-state index in [0.717, 1.165) is 19.4 Å². The average molecular weight is 282 g/mol. The van der Waals surface area contributed by atoms with Crippen molar-refractivity contribution in [2.24, 2.45) is 0 Å². The molecule has 1 heterocycles. The summed E-state index contributed by atoms with van der Waals surface area (Å²) >= 11 is 5.90. The van der Waals surface area contributed by atoms with Gasteiger partial charge in [0.1, 0.15) is 0 Å². The van der Waals surface area contributed by atoms with Gasteiger partial charge in [-0.2, -0.15) is 0 Å². The molecule has 1 aromatic rings. The van der Waals surface area contributed by atoms with Crippen LogP contribution in [0.25, 0.3) is 0 Å². The van der Waals surface area contributed by atoms with E-state index in [1.165, 1.54) is 0 Å². The molecular formula is C14H20ClN3O. The highest BCUT2D eigenvalue weighted by Crippen LogP contribution is 2.20. The monoisotopic (exact) mass is 281 g/mol. The van der Waals surface area contributed by atoms with Gasteiger partial charge in [-0.3, -0.25) is 4.79 Å². The Bertz CT molecular complexity index is 478. The summed E-state index contributed by atoms with van der Waals surface area (Å²) in [6.45, 7) is 3.17. The molecular weight excluding hydrogens is 262 g/mol. The first-order valence-electron chi connectivity index (χ1n) is 6.53. The summed E-state index contributed by atoms with van der Waals surface area (Å²) in [4.78, 5) is 14.5. The van der Waals surface area contributed by atoms with Crippen LogP contribution in [0.15, 0.2) is 18.2 Å². The summed E-state index contributed by atoms with van der Waals surface area (Å²) in [6, 6.07) is 5.65. The number of nitrogens with two attached hydrogens (primary N) is 1. The SMILES string of the molecule is CC1CC(NC(=O)c2cc(Cl)ccc2N)CCN1C. The van der Waals surface area contributed by atoms with Gasteiger partial charge in [0.2, 0.25) is 0 Å². The summed E-state index contributed by atoms with van der Waals surface area (Å²) in [6.07, 6.45) is 1.93. The molecule has 1 saturated heterocycles. The van der Waals surface area contributed by atoms with Crippen LogP contribution in [0.2, 0.25) is 5.02 Å². The van der Waals surface area contributed by atoms with Crippen LogP contribution in [-0.4, -0.2) is 36.5 Å². The molecule has 1 amide bonds. The molecule has 1 fully saturated rings. The van der Waals surface area contributed by atoms with E-state index in [-0.39, 0.29) is 11.9 Å². The number of carbonyl (C=O) groups is 1. The van der Waals surface area contributed by atoms with Crippen LogP contribution in [0, 0.1) is 0 Å². The number of nitrogens with one attached hydrogen (secondary N) is 1. The minimum absolute atomic E-state index is 0.137. The zero-order valence-corrected chi connectivity index (χ0v) is 12.1. The Labute approximate surface area is 118 Å². The second-order valence-electron chi connectivity index (χ2n) is 5.26. The maximum Gasteiger partial charge on any atom is 0.253 e. The van der Waals surface area contributed by atoms with Crippen LogP contribution < -0.4 is 11.1 Å². The second kappa shape index (κ2) is 5.80. The third-order valence-electron chi connectivity index (χ3n) is 3.80. The van der Waals surface area contributed by atoms with Crippen LogP contribution in [-0.2, 0) is 0 Å². The lowest BCUT2D eigenvalue weighted by atomic mass is 9.98. The predicted octanol–water partition coefficient (Wildman–Crippen LogP) is 2.13. The number of rotatable bonds is 2. The molecule has 0 spiro atoms. The van der Waals surface area contributed by atoms with Crippen molar-refractivity contribution in [2.45, 2.75) is 31.8 Å². The molecule has 2 atom stereocenters. The molecule has 5 heteroatoms. The van der Waals surface area contributed by atoms with Crippen molar-refractivity contribution in [2.75, 3.05) is 19.3 Å². The number of piperidine rings is 1. The number of hydrogen-bond donors (Lipinski definition) is 2. The summed E-state index contributed by atoms with van der Waals surface area (Å²) in [5, 5.41) is 3.57. The van der Waals surface area contributed by atoms with Crippen LogP contribution in [0.5, 0.6) is 0 Å². The molecule has 19 heavy (non-hydrogen) atoms. The van der Waals surface area contributed by atoms with Gasteiger partial charge in [-0.1, -0.05) is 11.6 Å². The lowest BCUT2D eigenvalue weighted by molar-refractivity contribution is 0.0897. The quantitative estimate of drug-likeness (QED) is 0.817. The maximum absolute atomic E-state index is 12.2. The molecule has 104 valence electrons. The van der Waals surface area contributed by atoms with Gasteiger partial charge >= 0.3 is 0 Å². The molecule has 2 rings (SSSR count). The molecule has 0 aromatic heterocycles.